The van der Waals surface area contributed by atoms with Crippen molar-refractivity contribution in [2.45, 2.75) is 13.5 Å². The summed E-state index contributed by atoms with van der Waals surface area (Å²) in [6.07, 6.45) is 2.11. The van der Waals surface area contributed by atoms with Crippen LogP contribution in [0.2, 0.25) is 0 Å². The SMILES string of the molecule is CCNC(=NCc1cccc(N(C)C)c1)NCCSC. The van der Waals surface area contributed by atoms with Gasteiger partial charge in [-0.15, -0.1) is 0 Å². The number of thioether (sulfide) groups is 1. The number of anilines is 1. The smallest absolute Gasteiger partial charge is 0.191 e. The molecule has 20 heavy (non-hydrogen) atoms. The molecule has 5 heteroatoms. The molecule has 0 aliphatic rings. The van der Waals surface area contributed by atoms with E-state index in [2.05, 4.69) is 72.1 Å². The second kappa shape index (κ2) is 9.53. The lowest BCUT2D eigenvalue weighted by molar-refractivity contribution is 0.843. The first-order valence-electron chi connectivity index (χ1n) is 6.94. The lowest BCUT2D eigenvalue weighted by Crippen LogP contribution is -2.38. The molecule has 0 amide bonds. The molecular formula is C15H26N4S. The third-order valence-corrected chi connectivity index (χ3v) is 3.40. The molecule has 112 valence electrons. The average Bonchev–Trinajstić information content (AvgIpc) is 2.45. The third kappa shape index (κ3) is 6.19. The Morgan fingerprint density at radius 2 is 2.10 bits per heavy atom. The molecule has 0 unspecified atom stereocenters. The van der Waals surface area contributed by atoms with E-state index in [1.165, 1.54) is 11.3 Å². The van der Waals surface area contributed by atoms with Crippen molar-refractivity contribution in [3.63, 3.8) is 0 Å². The Morgan fingerprint density at radius 1 is 1.30 bits per heavy atom. The summed E-state index contributed by atoms with van der Waals surface area (Å²) in [5.41, 5.74) is 2.43. The Labute approximate surface area is 127 Å². The van der Waals surface area contributed by atoms with Crippen LogP contribution in [-0.4, -0.2) is 45.2 Å². The highest BCUT2D eigenvalue weighted by atomic mass is 32.2. The van der Waals surface area contributed by atoms with Gasteiger partial charge in [0.2, 0.25) is 0 Å². The molecule has 1 aromatic carbocycles. The highest BCUT2D eigenvalue weighted by Gasteiger charge is 1.99. The van der Waals surface area contributed by atoms with Gasteiger partial charge in [-0.2, -0.15) is 11.8 Å². The monoisotopic (exact) mass is 294 g/mol. The maximum atomic E-state index is 4.62. The molecule has 0 aromatic heterocycles. The summed E-state index contributed by atoms with van der Waals surface area (Å²) in [5, 5.41) is 6.61. The van der Waals surface area contributed by atoms with Crippen LogP contribution in [0.3, 0.4) is 0 Å². The number of nitrogens with zero attached hydrogens (tertiary/aromatic N) is 2. The van der Waals surface area contributed by atoms with Crippen LogP contribution in [-0.2, 0) is 6.54 Å². The lowest BCUT2D eigenvalue weighted by Gasteiger charge is -2.14. The molecule has 0 bridgehead atoms. The predicted octanol–water partition coefficient (Wildman–Crippen LogP) is 2.17. The van der Waals surface area contributed by atoms with Crippen LogP contribution in [0.1, 0.15) is 12.5 Å². The van der Waals surface area contributed by atoms with E-state index < -0.39 is 0 Å². The minimum atomic E-state index is 0.691. The molecule has 0 saturated carbocycles. The molecular weight excluding hydrogens is 268 g/mol. The second-order valence-corrected chi connectivity index (χ2v) is 5.66. The maximum Gasteiger partial charge on any atom is 0.191 e. The Bertz CT molecular complexity index is 418. The van der Waals surface area contributed by atoms with E-state index >= 15 is 0 Å². The molecule has 1 rings (SSSR count). The maximum absolute atomic E-state index is 4.62. The Balaban J connectivity index is 2.63. The van der Waals surface area contributed by atoms with Crippen LogP contribution in [0.25, 0.3) is 0 Å². The fraction of sp³-hybridized carbons (Fsp3) is 0.533. The highest BCUT2D eigenvalue weighted by molar-refractivity contribution is 7.98. The van der Waals surface area contributed by atoms with Gasteiger partial charge in [-0.05, 0) is 30.9 Å². The predicted molar refractivity (Wildman–Crippen MR) is 92.0 cm³/mol. The first kappa shape index (κ1) is 16.7. The molecule has 0 saturated heterocycles. The van der Waals surface area contributed by atoms with E-state index in [0.717, 1.165) is 24.8 Å². The summed E-state index contributed by atoms with van der Waals surface area (Å²) >= 11 is 1.83. The zero-order valence-electron chi connectivity index (χ0n) is 12.9. The van der Waals surface area contributed by atoms with Crippen molar-refractivity contribution in [2.24, 2.45) is 4.99 Å². The molecule has 4 nitrogen and oxygen atoms in total. The molecule has 0 radical (unpaired) electrons. The van der Waals surface area contributed by atoms with Gasteiger partial charge in [0.1, 0.15) is 0 Å². The van der Waals surface area contributed by atoms with Crippen molar-refractivity contribution >= 4 is 23.4 Å². The summed E-state index contributed by atoms with van der Waals surface area (Å²) in [5.74, 6) is 1.97. The molecule has 2 N–H and O–H groups in total. The van der Waals surface area contributed by atoms with E-state index in [-0.39, 0.29) is 0 Å². The molecule has 0 spiro atoms. The summed E-state index contributed by atoms with van der Waals surface area (Å²) in [6, 6.07) is 8.47. The van der Waals surface area contributed by atoms with Gasteiger partial charge in [-0.25, -0.2) is 4.99 Å². The Kier molecular flexibility index (Phi) is 7.95. The highest BCUT2D eigenvalue weighted by Crippen LogP contribution is 2.13. The van der Waals surface area contributed by atoms with Gasteiger partial charge < -0.3 is 15.5 Å². The van der Waals surface area contributed by atoms with Crippen LogP contribution in [0, 0.1) is 0 Å². The summed E-state index contributed by atoms with van der Waals surface area (Å²) in [4.78, 5) is 6.73. The number of rotatable bonds is 7. The molecule has 0 aliphatic heterocycles. The first-order chi connectivity index (χ1) is 9.67. The largest absolute Gasteiger partial charge is 0.378 e. The summed E-state index contributed by atoms with van der Waals surface area (Å²) in [7, 11) is 4.10. The van der Waals surface area contributed by atoms with Crippen LogP contribution in [0.4, 0.5) is 5.69 Å². The van der Waals surface area contributed by atoms with E-state index in [9.17, 15) is 0 Å². The van der Waals surface area contributed by atoms with Crippen molar-refractivity contribution in [1.82, 2.24) is 10.6 Å². The fourth-order valence-electron chi connectivity index (χ4n) is 1.72. The minimum absolute atomic E-state index is 0.691. The fourth-order valence-corrected chi connectivity index (χ4v) is 2.02. The number of nitrogens with one attached hydrogen (secondary N) is 2. The Hall–Kier alpha value is -1.36. The lowest BCUT2D eigenvalue weighted by atomic mass is 10.2. The molecule has 0 heterocycles. The standard InChI is InChI=1S/C15H26N4S/c1-5-16-15(17-9-10-20-4)18-12-13-7-6-8-14(11-13)19(2)3/h6-8,11H,5,9-10,12H2,1-4H3,(H2,16,17,18). The van der Waals surface area contributed by atoms with Crippen LogP contribution >= 0.6 is 11.8 Å². The quantitative estimate of drug-likeness (QED) is 0.459. The van der Waals surface area contributed by atoms with Gasteiger partial charge in [-0.1, -0.05) is 12.1 Å². The van der Waals surface area contributed by atoms with Crippen molar-refractivity contribution in [1.29, 1.82) is 0 Å². The number of guanidine groups is 1. The number of benzene rings is 1. The van der Waals surface area contributed by atoms with Crippen molar-refractivity contribution in [3.8, 4) is 0 Å². The van der Waals surface area contributed by atoms with Crippen molar-refractivity contribution < 1.29 is 0 Å². The normalized spacial score (nSPS) is 11.3. The number of aliphatic imine (C=N–C) groups is 1. The number of hydrogen-bond donors (Lipinski definition) is 2. The van der Waals surface area contributed by atoms with Crippen LogP contribution in [0.15, 0.2) is 29.3 Å². The number of hydrogen-bond acceptors (Lipinski definition) is 3. The minimum Gasteiger partial charge on any atom is -0.378 e. The molecule has 0 fully saturated rings. The van der Waals surface area contributed by atoms with Crippen LogP contribution < -0.4 is 15.5 Å². The molecule has 0 atom stereocenters. The van der Waals surface area contributed by atoms with Crippen molar-refractivity contribution in [3.05, 3.63) is 29.8 Å². The molecule has 1 aromatic rings. The van der Waals surface area contributed by atoms with Gasteiger partial charge in [-0.3, -0.25) is 0 Å². The topological polar surface area (TPSA) is 39.7 Å². The van der Waals surface area contributed by atoms with Gasteiger partial charge in [0.25, 0.3) is 0 Å². The van der Waals surface area contributed by atoms with Crippen LogP contribution in [0.5, 0.6) is 0 Å². The van der Waals surface area contributed by atoms with Crippen molar-refractivity contribution in [2.75, 3.05) is 44.1 Å². The average molecular weight is 294 g/mol. The third-order valence-electron chi connectivity index (χ3n) is 2.79. The van der Waals surface area contributed by atoms with E-state index in [0.29, 0.717) is 6.54 Å². The Morgan fingerprint density at radius 3 is 2.75 bits per heavy atom. The van der Waals surface area contributed by atoms with Gasteiger partial charge in [0.05, 0.1) is 6.54 Å². The molecule has 0 aliphatic carbocycles. The zero-order chi connectivity index (χ0) is 14.8. The van der Waals surface area contributed by atoms with E-state index in [4.69, 9.17) is 0 Å². The summed E-state index contributed by atoms with van der Waals surface area (Å²) in [6.45, 7) is 4.59. The van der Waals surface area contributed by atoms with Gasteiger partial charge in [0, 0.05) is 38.6 Å². The first-order valence-corrected chi connectivity index (χ1v) is 8.34. The second-order valence-electron chi connectivity index (χ2n) is 4.68. The zero-order valence-corrected chi connectivity index (χ0v) is 13.8. The van der Waals surface area contributed by atoms with E-state index in [1.807, 2.05) is 11.8 Å². The van der Waals surface area contributed by atoms with E-state index in [1.54, 1.807) is 0 Å². The summed E-state index contributed by atoms with van der Waals surface area (Å²) < 4.78 is 0. The van der Waals surface area contributed by atoms with Gasteiger partial charge in [0.15, 0.2) is 5.96 Å². The van der Waals surface area contributed by atoms with Gasteiger partial charge >= 0.3 is 0 Å².